The monoisotopic (exact) mass is 280 g/mol. The maximum atomic E-state index is 11.6. The first-order valence-electron chi connectivity index (χ1n) is 6.87. The van der Waals surface area contributed by atoms with Gasteiger partial charge in [0.1, 0.15) is 11.5 Å². The van der Waals surface area contributed by atoms with E-state index in [1.165, 1.54) is 4.90 Å². The van der Waals surface area contributed by atoms with Crippen LogP contribution in [0.2, 0.25) is 0 Å². The van der Waals surface area contributed by atoms with Gasteiger partial charge in [-0.05, 0) is 31.0 Å². The van der Waals surface area contributed by atoms with E-state index in [0.29, 0.717) is 25.3 Å². The van der Waals surface area contributed by atoms with Gasteiger partial charge in [-0.15, -0.1) is 0 Å². The molecule has 5 heteroatoms. The molecule has 0 saturated heterocycles. The molecule has 2 N–H and O–H groups in total. The molecule has 0 bridgehead atoms. The first-order valence-corrected chi connectivity index (χ1v) is 6.87. The Hall–Kier alpha value is -1.75. The molecule has 0 aromatic heterocycles. The fraction of sp³-hybridized carbons (Fsp3) is 0.533. The van der Waals surface area contributed by atoms with Gasteiger partial charge in [0.15, 0.2) is 6.61 Å². The van der Waals surface area contributed by atoms with E-state index in [1.807, 2.05) is 18.2 Å². The first kappa shape index (κ1) is 16.3. The topological polar surface area (TPSA) is 64.8 Å². The SMILES string of the molecule is CCCOc1ccc(CCN)c(OCC(=O)N(C)C)c1. The lowest BCUT2D eigenvalue weighted by Crippen LogP contribution is -2.27. The van der Waals surface area contributed by atoms with E-state index >= 15 is 0 Å². The molecule has 0 radical (unpaired) electrons. The predicted octanol–water partition coefficient (Wildman–Crippen LogP) is 1.44. The van der Waals surface area contributed by atoms with Crippen molar-refractivity contribution in [2.24, 2.45) is 5.73 Å². The van der Waals surface area contributed by atoms with Crippen LogP contribution >= 0.6 is 0 Å². The van der Waals surface area contributed by atoms with E-state index < -0.39 is 0 Å². The van der Waals surface area contributed by atoms with Crippen LogP contribution in [0.1, 0.15) is 18.9 Å². The summed E-state index contributed by atoms with van der Waals surface area (Å²) in [6.45, 7) is 3.26. The standard InChI is InChI=1S/C15H24N2O3/c1-4-9-19-13-6-5-12(7-8-16)14(10-13)20-11-15(18)17(2)3/h5-6,10H,4,7-9,11,16H2,1-3H3. The largest absolute Gasteiger partial charge is 0.493 e. The highest BCUT2D eigenvalue weighted by molar-refractivity contribution is 5.77. The summed E-state index contributed by atoms with van der Waals surface area (Å²) in [6, 6.07) is 5.66. The Morgan fingerprint density at radius 1 is 1.30 bits per heavy atom. The van der Waals surface area contributed by atoms with Crippen LogP contribution in [-0.4, -0.2) is 44.7 Å². The third-order valence-electron chi connectivity index (χ3n) is 2.78. The number of ether oxygens (including phenoxy) is 2. The number of amides is 1. The van der Waals surface area contributed by atoms with Gasteiger partial charge >= 0.3 is 0 Å². The number of hydrogen-bond donors (Lipinski definition) is 1. The van der Waals surface area contributed by atoms with Crippen molar-refractivity contribution in [3.05, 3.63) is 23.8 Å². The predicted molar refractivity (Wildman–Crippen MR) is 79.2 cm³/mol. The molecule has 0 unspecified atom stereocenters. The van der Waals surface area contributed by atoms with Gasteiger partial charge in [0.25, 0.3) is 5.91 Å². The molecular weight excluding hydrogens is 256 g/mol. The molecule has 5 nitrogen and oxygen atoms in total. The molecule has 0 spiro atoms. The Kier molecular flexibility index (Phi) is 6.87. The number of nitrogens with zero attached hydrogens (tertiary/aromatic N) is 1. The molecule has 1 amide bonds. The van der Waals surface area contributed by atoms with Crippen LogP contribution in [0.15, 0.2) is 18.2 Å². The van der Waals surface area contributed by atoms with Crippen molar-refractivity contribution >= 4 is 5.91 Å². The maximum Gasteiger partial charge on any atom is 0.259 e. The van der Waals surface area contributed by atoms with E-state index in [4.69, 9.17) is 15.2 Å². The van der Waals surface area contributed by atoms with Crippen molar-refractivity contribution < 1.29 is 14.3 Å². The molecule has 0 atom stereocenters. The van der Waals surface area contributed by atoms with Gasteiger partial charge in [0.05, 0.1) is 6.61 Å². The van der Waals surface area contributed by atoms with Gasteiger partial charge in [0.2, 0.25) is 0 Å². The highest BCUT2D eigenvalue weighted by Crippen LogP contribution is 2.25. The van der Waals surface area contributed by atoms with Crippen LogP contribution in [0.3, 0.4) is 0 Å². The minimum Gasteiger partial charge on any atom is -0.493 e. The number of rotatable bonds is 8. The third-order valence-corrected chi connectivity index (χ3v) is 2.78. The summed E-state index contributed by atoms with van der Waals surface area (Å²) in [7, 11) is 3.40. The highest BCUT2D eigenvalue weighted by atomic mass is 16.5. The number of nitrogens with two attached hydrogens (primary N) is 1. The summed E-state index contributed by atoms with van der Waals surface area (Å²) in [5, 5.41) is 0. The minimum atomic E-state index is -0.0800. The Balaban J connectivity index is 2.79. The zero-order valence-corrected chi connectivity index (χ0v) is 12.5. The quantitative estimate of drug-likeness (QED) is 0.782. The molecule has 0 aliphatic rings. The van der Waals surface area contributed by atoms with E-state index in [-0.39, 0.29) is 12.5 Å². The van der Waals surface area contributed by atoms with Gasteiger partial charge in [-0.1, -0.05) is 13.0 Å². The van der Waals surface area contributed by atoms with Crippen molar-refractivity contribution in [2.45, 2.75) is 19.8 Å². The molecule has 0 aliphatic carbocycles. The van der Waals surface area contributed by atoms with Crippen LogP contribution in [0.5, 0.6) is 11.5 Å². The Morgan fingerprint density at radius 2 is 2.05 bits per heavy atom. The van der Waals surface area contributed by atoms with E-state index in [2.05, 4.69) is 6.92 Å². The van der Waals surface area contributed by atoms with E-state index in [0.717, 1.165) is 17.7 Å². The van der Waals surface area contributed by atoms with E-state index in [9.17, 15) is 4.79 Å². The molecule has 0 fully saturated rings. The van der Waals surface area contributed by atoms with Gasteiger partial charge in [-0.25, -0.2) is 0 Å². The van der Waals surface area contributed by atoms with Crippen molar-refractivity contribution in [1.29, 1.82) is 0 Å². The summed E-state index contributed by atoms with van der Waals surface area (Å²) >= 11 is 0. The van der Waals surface area contributed by atoms with Crippen LogP contribution in [-0.2, 0) is 11.2 Å². The van der Waals surface area contributed by atoms with Gasteiger partial charge < -0.3 is 20.1 Å². The lowest BCUT2D eigenvalue weighted by molar-refractivity contribution is -0.130. The molecule has 0 aliphatic heterocycles. The van der Waals surface area contributed by atoms with Crippen molar-refractivity contribution in [2.75, 3.05) is 33.9 Å². The molecule has 1 aromatic rings. The average Bonchev–Trinajstić information content (AvgIpc) is 2.44. The smallest absolute Gasteiger partial charge is 0.259 e. The number of likely N-dealkylation sites (N-methyl/N-ethyl adjacent to an activating group) is 1. The molecule has 1 aromatic carbocycles. The zero-order chi connectivity index (χ0) is 15.0. The van der Waals surface area contributed by atoms with Crippen LogP contribution < -0.4 is 15.2 Å². The number of benzene rings is 1. The van der Waals surface area contributed by atoms with Gasteiger partial charge in [-0.2, -0.15) is 0 Å². The first-order chi connectivity index (χ1) is 9.58. The molecule has 112 valence electrons. The zero-order valence-electron chi connectivity index (χ0n) is 12.5. The normalized spacial score (nSPS) is 10.2. The fourth-order valence-corrected chi connectivity index (χ4v) is 1.61. The summed E-state index contributed by atoms with van der Waals surface area (Å²) < 4.78 is 11.2. The second-order valence-electron chi connectivity index (χ2n) is 4.73. The van der Waals surface area contributed by atoms with Gasteiger partial charge in [0, 0.05) is 20.2 Å². The lowest BCUT2D eigenvalue weighted by atomic mass is 10.1. The molecular formula is C15H24N2O3. The summed E-state index contributed by atoms with van der Waals surface area (Å²) in [4.78, 5) is 13.1. The Labute approximate surface area is 120 Å². The summed E-state index contributed by atoms with van der Waals surface area (Å²) in [5.41, 5.74) is 6.58. The van der Waals surface area contributed by atoms with Crippen molar-refractivity contribution in [1.82, 2.24) is 4.90 Å². The van der Waals surface area contributed by atoms with Gasteiger partial charge in [-0.3, -0.25) is 4.79 Å². The molecule has 1 rings (SSSR count). The third kappa shape index (κ3) is 5.09. The molecule has 20 heavy (non-hydrogen) atoms. The Morgan fingerprint density at radius 3 is 2.65 bits per heavy atom. The second-order valence-corrected chi connectivity index (χ2v) is 4.73. The number of carbonyl (C=O) groups excluding carboxylic acids is 1. The molecule has 0 saturated carbocycles. The van der Waals surface area contributed by atoms with E-state index in [1.54, 1.807) is 14.1 Å². The summed E-state index contributed by atoms with van der Waals surface area (Å²) in [6.07, 6.45) is 1.65. The highest BCUT2D eigenvalue weighted by Gasteiger charge is 2.09. The van der Waals surface area contributed by atoms with Crippen LogP contribution in [0, 0.1) is 0 Å². The average molecular weight is 280 g/mol. The lowest BCUT2D eigenvalue weighted by Gasteiger charge is -2.15. The second kappa shape index (κ2) is 8.43. The van der Waals surface area contributed by atoms with Crippen LogP contribution in [0.4, 0.5) is 0 Å². The maximum absolute atomic E-state index is 11.6. The van der Waals surface area contributed by atoms with Crippen LogP contribution in [0.25, 0.3) is 0 Å². The van der Waals surface area contributed by atoms with Crippen molar-refractivity contribution in [3.8, 4) is 11.5 Å². The minimum absolute atomic E-state index is 0.0157. The number of hydrogen-bond acceptors (Lipinski definition) is 4. The Bertz CT molecular complexity index is 433. The van der Waals surface area contributed by atoms with Crippen molar-refractivity contribution in [3.63, 3.8) is 0 Å². The molecule has 0 heterocycles. The summed E-state index contributed by atoms with van der Waals surface area (Å²) in [5.74, 6) is 1.34. The number of carbonyl (C=O) groups is 1. The fourth-order valence-electron chi connectivity index (χ4n) is 1.61.